The topological polar surface area (TPSA) is 86.6 Å². The zero-order chi connectivity index (χ0) is 15.4. The van der Waals surface area contributed by atoms with Crippen molar-refractivity contribution in [2.24, 2.45) is 0 Å². The first kappa shape index (κ1) is 14.6. The molecule has 0 bridgehead atoms. The lowest BCUT2D eigenvalue weighted by Crippen LogP contribution is -2.33. The van der Waals surface area contributed by atoms with Crippen LogP contribution in [0.5, 0.6) is 5.75 Å². The number of aryl methyl sites for hydroxylation is 1. The Morgan fingerprint density at radius 3 is 2.33 bits per heavy atom. The molecular weight excluding hydrogens is 270 g/mol. The number of benzene rings is 2. The lowest BCUT2D eigenvalue weighted by molar-refractivity contribution is -0.139. The minimum atomic E-state index is -1.13. The number of phenolic OH excluding ortho intramolecular Hbond substituents is 1. The van der Waals surface area contributed by atoms with Gasteiger partial charge in [0.1, 0.15) is 5.75 Å². The Hall–Kier alpha value is -2.82. The van der Waals surface area contributed by atoms with Crippen molar-refractivity contribution in [1.82, 2.24) is 5.32 Å². The van der Waals surface area contributed by atoms with Crippen molar-refractivity contribution < 1.29 is 19.8 Å². The van der Waals surface area contributed by atoms with E-state index < -0.39 is 17.9 Å². The number of carboxylic acid groups (broad SMARTS) is 1. The number of aromatic hydroxyl groups is 1. The van der Waals surface area contributed by atoms with Gasteiger partial charge in [0.25, 0.3) is 5.91 Å². The summed E-state index contributed by atoms with van der Waals surface area (Å²) >= 11 is 0. The summed E-state index contributed by atoms with van der Waals surface area (Å²) in [6.45, 7) is 1.66. The molecule has 0 saturated heterocycles. The Kier molecular flexibility index (Phi) is 4.23. The van der Waals surface area contributed by atoms with E-state index in [1.807, 2.05) is 0 Å². The van der Waals surface area contributed by atoms with Crippen molar-refractivity contribution in [3.8, 4) is 5.75 Å². The van der Waals surface area contributed by atoms with Crippen LogP contribution in [0, 0.1) is 6.92 Å². The average molecular weight is 285 g/mol. The number of nitrogens with one attached hydrogen (secondary N) is 1. The highest BCUT2D eigenvalue weighted by molar-refractivity contribution is 5.97. The van der Waals surface area contributed by atoms with Crippen LogP contribution in [0.4, 0.5) is 0 Å². The molecule has 1 amide bonds. The van der Waals surface area contributed by atoms with E-state index in [1.54, 1.807) is 37.3 Å². The van der Waals surface area contributed by atoms with Gasteiger partial charge in [0.05, 0.1) is 0 Å². The molecule has 3 N–H and O–H groups in total. The fourth-order valence-electron chi connectivity index (χ4n) is 1.94. The summed E-state index contributed by atoms with van der Waals surface area (Å²) in [4.78, 5) is 23.5. The lowest BCUT2D eigenvalue weighted by atomic mass is 10.1. The highest BCUT2D eigenvalue weighted by Crippen LogP contribution is 2.18. The molecule has 0 heterocycles. The maximum absolute atomic E-state index is 12.1. The molecule has 0 aliphatic rings. The molecule has 0 spiro atoms. The van der Waals surface area contributed by atoms with Crippen molar-refractivity contribution in [2.45, 2.75) is 13.0 Å². The predicted octanol–water partition coefficient (Wildman–Crippen LogP) is 2.26. The minimum absolute atomic E-state index is 0.0874. The molecule has 2 aromatic rings. The van der Waals surface area contributed by atoms with Crippen molar-refractivity contribution >= 4 is 11.9 Å². The molecule has 2 aromatic carbocycles. The molecule has 0 aromatic heterocycles. The van der Waals surface area contributed by atoms with E-state index in [-0.39, 0.29) is 5.75 Å². The van der Waals surface area contributed by atoms with E-state index in [1.165, 1.54) is 18.2 Å². The summed E-state index contributed by atoms with van der Waals surface area (Å²) in [5.74, 6) is -1.55. The number of aliphatic carboxylic acids is 1. The molecule has 0 fully saturated rings. The van der Waals surface area contributed by atoms with Crippen LogP contribution in [-0.4, -0.2) is 22.1 Å². The molecule has 1 atom stereocenters. The van der Waals surface area contributed by atoms with Gasteiger partial charge in [-0.05, 0) is 36.2 Å². The Balaban J connectivity index is 2.23. The van der Waals surface area contributed by atoms with Gasteiger partial charge in [-0.25, -0.2) is 4.79 Å². The maximum Gasteiger partial charge on any atom is 0.330 e. The lowest BCUT2D eigenvalue weighted by Gasteiger charge is -2.15. The SMILES string of the molecule is Cc1cc(C(=O)N[C@@H](C(=O)O)c2ccccc2)ccc1O. The number of carbonyl (C=O) groups is 2. The van der Waals surface area contributed by atoms with Gasteiger partial charge in [-0.15, -0.1) is 0 Å². The third kappa shape index (κ3) is 3.39. The van der Waals surface area contributed by atoms with Gasteiger partial charge in [-0.3, -0.25) is 4.79 Å². The third-order valence-electron chi connectivity index (χ3n) is 3.11. The predicted molar refractivity (Wildman–Crippen MR) is 77.1 cm³/mol. The molecule has 5 heteroatoms. The second-order valence-corrected chi connectivity index (χ2v) is 4.66. The van der Waals surface area contributed by atoms with Gasteiger partial charge in [0.15, 0.2) is 6.04 Å². The van der Waals surface area contributed by atoms with E-state index in [9.17, 15) is 19.8 Å². The number of carbonyl (C=O) groups excluding carboxylic acids is 1. The Morgan fingerprint density at radius 2 is 1.76 bits per heavy atom. The number of hydrogen-bond acceptors (Lipinski definition) is 3. The largest absolute Gasteiger partial charge is 0.508 e. The highest BCUT2D eigenvalue weighted by atomic mass is 16.4. The molecule has 0 saturated carbocycles. The first-order valence-corrected chi connectivity index (χ1v) is 6.37. The second kappa shape index (κ2) is 6.09. The number of rotatable bonds is 4. The summed E-state index contributed by atoms with van der Waals surface area (Å²) in [5.41, 5.74) is 1.34. The van der Waals surface area contributed by atoms with Gasteiger partial charge >= 0.3 is 5.97 Å². The normalized spacial score (nSPS) is 11.7. The smallest absolute Gasteiger partial charge is 0.330 e. The minimum Gasteiger partial charge on any atom is -0.508 e. The van der Waals surface area contributed by atoms with Gasteiger partial charge in [-0.2, -0.15) is 0 Å². The van der Waals surface area contributed by atoms with E-state index in [0.29, 0.717) is 16.7 Å². The Bertz CT molecular complexity index is 667. The van der Waals surface area contributed by atoms with Crippen LogP contribution < -0.4 is 5.32 Å². The monoisotopic (exact) mass is 285 g/mol. The van der Waals surface area contributed by atoms with E-state index in [0.717, 1.165) is 0 Å². The fraction of sp³-hybridized carbons (Fsp3) is 0.125. The zero-order valence-electron chi connectivity index (χ0n) is 11.4. The van der Waals surface area contributed by atoms with Crippen LogP contribution in [0.2, 0.25) is 0 Å². The first-order chi connectivity index (χ1) is 9.99. The van der Waals surface area contributed by atoms with Crippen LogP contribution in [0.25, 0.3) is 0 Å². The van der Waals surface area contributed by atoms with E-state index in [4.69, 9.17) is 0 Å². The second-order valence-electron chi connectivity index (χ2n) is 4.66. The van der Waals surface area contributed by atoms with Crippen molar-refractivity contribution in [2.75, 3.05) is 0 Å². The molecular formula is C16H15NO4. The summed E-state index contributed by atoms with van der Waals surface area (Å²) in [6, 6.07) is 11.7. The molecule has 2 rings (SSSR count). The number of carboxylic acids is 1. The summed E-state index contributed by atoms with van der Waals surface area (Å²) in [5, 5.41) is 21.2. The van der Waals surface area contributed by atoms with Crippen LogP contribution in [0.3, 0.4) is 0 Å². The third-order valence-corrected chi connectivity index (χ3v) is 3.11. The van der Waals surface area contributed by atoms with Crippen LogP contribution in [0.1, 0.15) is 27.5 Å². The number of amides is 1. The number of phenols is 1. The Labute approximate surface area is 121 Å². The fourth-order valence-corrected chi connectivity index (χ4v) is 1.94. The molecule has 5 nitrogen and oxygen atoms in total. The molecule has 0 aliphatic carbocycles. The van der Waals surface area contributed by atoms with Gasteiger partial charge in [-0.1, -0.05) is 30.3 Å². The van der Waals surface area contributed by atoms with Gasteiger partial charge in [0, 0.05) is 5.56 Å². The van der Waals surface area contributed by atoms with Crippen LogP contribution >= 0.6 is 0 Å². The first-order valence-electron chi connectivity index (χ1n) is 6.37. The molecule has 108 valence electrons. The Morgan fingerprint density at radius 1 is 1.10 bits per heavy atom. The average Bonchev–Trinajstić information content (AvgIpc) is 2.48. The summed E-state index contributed by atoms with van der Waals surface area (Å²) < 4.78 is 0. The number of hydrogen-bond donors (Lipinski definition) is 3. The zero-order valence-corrected chi connectivity index (χ0v) is 11.4. The quantitative estimate of drug-likeness (QED) is 0.804. The molecule has 0 aliphatic heterocycles. The molecule has 0 radical (unpaired) electrons. The van der Waals surface area contributed by atoms with E-state index >= 15 is 0 Å². The van der Waals surface area contributed by atoms with Crippen molar-refractivity contribution in [3.63, 3.8) is 0 Å². The van der Waals surface area contributed by atoms with Crippen LogP contribution in [0.15, 0.2) is 48.5 Å². The summed E-state index contributed by atoms with van der Waals surface area (Å²) in [6.07, 6.45) is 0. The maximum atomic E-state index is 12.1. The van der Waals surface area contributed by atoms with Crippen LogP contribution in [-0.2, 0) is 4.79 Å². The standard InChI is InChI=1S/C16H15NO4/c1-10-9-12(7-8-13(10)18)15(19)17-14(16(20)21)11-5-3-2-4-6-11/h2-9,14,18H,1H3,(H,17,19)(H,20,21)/t14-/m1/s1. The summed E-state index contributed by atoms with van der Waals surface area (Å²) in [7, 11) is 0. The van der Waals surface area contributed by atoms with Gasteiger partial charge in [0.2, 0.25) is 0 Å². The highest BCUT2D eigenvalue weighted by Gasteiger charge is 2.22. The van der Waals surface area contributed by atoms with Gasteiger partial charge < -0.3 is 15.5 Å². The van der Waals surface area contributed by atoms with Crippen molar-refractivity contribution in [3.05, 3.63) is 65.2 Å². The van der Waals surface area contributed by atoms with Crippen molar-refractivity contribution in [1.29, 1.82) is 0 Å². The van der Waals surface area contributed by atoms with E-state index in [2.05, 4.69) is 5.32 Å². The molecule has 21 heavy (non-hydrogen) atoms. The molecule has 0 unspecified atom stereocenters.